The molecule has 6 nitrogen and oxygen atoms in total. The summed E-state index contributed by atoms with van der Waals surface area (Å²) in [6.07, 6.45) is 6.54. The van der Waals surface area contributed by atoms with Crippen LogP contribution in [0.4, 0.5) is 16.3 Å². The maximum absolute atomic E-state index is 12.2. The molecule has 1 aliphatic carbocycles. The highest BCUT2D eigenvalue weighted by atomic mass is 35.5. The Kier molecular flexibility index (Phi) is 4.52. The van der Waals surface area contributed by atoms with Crippen LogP contribution in [0.25, 0.3) is 0 Å². The number of pyridine rings is 1. The number of rotatable bonds is 3. The van der Waals surface area contributed by atoms with Crippen molar-refractivity contribution in [2.75, 3.05) is 10.6 Å². The third-order valence-corrected chi connectivity index (χ3v) is 4.46. The van der Waals surface area contributed by atoms with E-state index in [9.17, 15) is 4.79 Å². The van der Waals surface area contributed by atoms with Crippen molar-refractivity contribution in [3.63, 3.8) is 0 Å². The van der Waals surface area contributed by atoms with Gasteiger partial charge >= 0.3 is 6.03 Å². The maximum Gasteiger partial charge on any atom is 0.324 e. The molecule has 0 saturated heterocycles. The van der Waals surface area contributed by atoms with Crippen LogP contribution >= 0.6 is 11.6 Å². The van der Waals surface area contributed by atoms with Crippen LogP contribution in [0.1, 0.15) is 42.9 Å². The van der Waals surface area contributed by atoms with E-state index in [0.717, 1.165) is 5.56 Å². The maximum atomic E-state index is 12.2. The highest BCUT2D eigenvalue weighted by molar-refractivity contribution is 6.29. The van der Waals surface area contributed by atoms with Gasteiger partial charge in [-0.2, -0.15) is 5.10 Å². The molecule has 1 saturated carbocycles. The molecule has 1 fully saturated rings. The van der Waals surface area contributed by atoms with Crippen LogP contribution in [0.15, 0.2) is 18.3 Å². The van der Waals surface area contributed by atoms with E-state index in [4.69, 9.17) is 11.6 Å². The molecule has 0 bridgehead atoms. The van der Waals surface area contributed by atoms with E-state index < -0.39 is 0 Å². The van der Waals surface area contributed by atoms with Crippen LogP contribution in [0, 0.1) is 6.92 Å². The molecule has 0 radical (unpaired) electrons. The number of urea groups is 1. The molecule has 2 N–H and O–H groups in total. The van der Waals surface area contributed by atoms with Gasteiger partial charge in [-0.25, -0.2) is 9.78 Å². The summed E-state index contributed by atoms with van der Waals surface area (Å²) in [6, 6.07) is 3.24. The Morgan fingerprint density at radius 2 is 2.04 bits per heavy atom. The minimum absolute atomic E-state index is 0.340. The quantitative estimate of drug-likeness (QED) is 0.831. The van der Waals surface area contributed by atoms with E-state index in [1.165, 1.54) is 31.4 Å². The number of nitrogens with one attached hydrogen (secondary N) is 2. The number of halogens is 1. The first kappa shape index (κ1) is 15.8. The van der Waals surface area contributed by atoms with Crippen molar-refractivity contribution in [1.82, 2.24) is 14.8 Å². The average Bonchev–Trinajstić information content (AvgIpc) is 3.12. The number of carbonyl (C=O) groups is 1. The zero-order valence-electron chi connectivity index (χ0n) is 13.3. The van der Waals surface area contributed by atoms with Crippen molar-refractivity contribution >= 4 is 29.1 Å². The van der Waals surface area contributed by atoms with E-state index in [1.54, 1.807) is 12.3 Å². The molecule has 122 valence electrons. The third kappa shape index (κ3) is 3.64. The van der Waals surface area contributed by atoms with Gasteiger partial charge in [0.05, 0.1) is 0 Å². The molecule has 3 rings (SSSR count). The number of carbonyl (C=O) groups excluding carboxylic acids is 1. The molecule has 0 aromatic carbocycles. The lowest BCUT2D eigenvalue weighted by Gasteiger charge is -2.08. The van der Waals surface area contributed by atoms with E-state index >= 15 is 0 Å². The summed E-state index contributed by atoms with van der Waals surface area (Å²) >= 11 is 5.86. The van der Waals surface area contributed by atoms with Crippen molar-refractivity contribution in [3.05, 3.63) is 34.7 Å². The summed E-state index contributed by atoms with van der Waals surface area (Å²) < 4.78 is 1.86. The molecule has 0 atom stereocenters. The largest absolute Gasteiger partial charge is 0.324 e. The average molecular weight is 334 g/mol. The van der Waals surface area contributed by atoms with E-state index in [0.29, 0.717) is 22.6 Å². The summed E-state index contributed by atoms with van der Waals surface area (Å²) in [5.74, 6) is 1.11. The van der Waals surface area contributed by atoms with Crippen LogP contribution < -0.4 is 10.6 Å². The smallest absolute Gasteiger partial charge is 0.307 e. The molecule has 2 amide bonds. The van der Waals surface area contributed by atoms with Gasteiger partial charge in [-0.1, -0.05) is 24.4 Å². The van der Waals surface area contributed by atoms with Crippen LogP contribution in [-0.2, 0) is 7.05 Å². The first-order chi connectivity index (χ1) is 11.0. The standard InChI is InChI=1S/C16H20ClN5O/c1-10-9-18-14(17)7-12(10)19-16(23)20-15-8-13(22(2)21-15)11-5-3-4-6-11/h7-9,11H,3-6H2,1-2H3,(H2,18,19,20,21,23). The summed E-state index contributed by atoms with van der Waals surface area (Å²) in [4.78, 5) is 16.1. The molecule has 23 heavy (non-hydrogen) atoms. The van der Waals surface area contributed by atoms with Gasteiger partial charge in [-0.15, -0.1) is 0 Å². The summed E-state index contributed by atoms with van der Waals surface area (Å²) in [5.41, 5.74) is 2.66. The Hall–Kier alpha value is -2.08. The van der Waals surface area contributed by atoms with Crippen molar-refractivity contribution in [3.8, 4) is 0 Å². The molecular weight excluding hydrogens is 314 g/mol. The lowest BCUT2D eigenvalue weighted by atomic mass is 10.0. The van der Waals surface area contributed by atoms with Gasteiger partial charge in [0.25, 0.3) is 0 Å². The Morgan fingerprint density at radius 1 is 1.30 bits per heavy atom. The first-order valence-electron chi connectivity index (χ1n) is 7.77. The zero-order valence-corrected chi connectivity index (χ0v) is 14.0. The van der Waals surface area contributed by atoms with Crippen LogP contribution in [0.2, 0.25) is 5.15 Å². The lowest BCUT2D eigenvalue weighted by molar-refractivity contribution is 0.262. The Balaban J connectivity index is 1.68. The van der Waals surface area contributed by atoms with E-state index in [2.05, 4.69) is 20.7 Å². The monoisotopic (exact) mass is 333 g/mol. The van der Waals surface area contributed by atoms with Crippen LogP contribution in [0.5, 0.6) is 0 Å². The Labute approximate surface area is 140 Å². The van der Waals surface area contributed by atoms with Gasteiger partial charge in [0, 0.05) is 36.6 Å². The summed E-state index contributed by atoms with van der Waals surface area (Å²) in [7, 11) is 1.92. The predicted octanol–water partition coefficient (Wildman–Crippen LogP) is 4.08. The molecule has 2 heterocycles. The number of aryl methyl sites for hydroxylation is 2. The topological polar surface area (TPSA) is 71.8 Å². The summed E-state index contributed by atoms with van der Waals surface area (Å²) in [5, 5.41) is 10.3. The van der Waals surface area contributed by atoms with Crippen molar-refractivity contribution in [1.29, 1.82) is 0 Å². The number of nitrogens with zero attached hydrogens (tertiary/aromatic N) is 3. The molecule has 1 aliphatic rings. The second-order valence-electron chi connectivity index (χ2n) is 5.96. The van der Waals surface area contributed by atoms with Gasteiger partial charge in [0.1, 0.15) is 5.15 Å². The molecule has 0 unspecified atom stereocenters. The van der Waals surface area contributed by atoms with Crippen molar-refractivity contribution in [2.24, 2.45) is 7.05 Å². The summed E-state index contributed by atoms with van der Waals surface area (Å²) in [6.45, 7) is 1.86. The lowest BCUT2D eigenvalue weighted by Crippen LogP contribution is -2.20. The minimum atomic E-state index is -0.341. The van der Waals surface area contributed by atoms with Gasteiger partial charge in [0.2, 0.25) is 0 Å². The fraction of sp³-hybridized carbons (Fsp3) is 0.438. The van der Waals surface area contributed by atoms with Crippen molar-refractivity contribution in [2.45, 2.75) is 38.5 Å². The normalized spacial score (nSPS) is 14.9. The van der Waals surface area contributed by atoms with Crippen LogP contribution in [0.3, 0.4) is 0 Å². The van der Waals surface area contributed by atoms with Gasteiger partial charge in [-0.05, 0) is 31.4 Å². The van der Waals surface area contributed by atoms with Crippen LogP contribution in [-0.4, -0.2) is 20.8 Å². The fourth-order valence-electron chi connectivity index (χ4n) is 3.05. The zero-order chi connectivity index (χ0) is 16.4. The van der Waals surface area contributed by atoms with E-state index in [1.807, 2.05) is 24.7 Å². The number of aromatic nitrogens is 3. The number of anilines is 2. The molecular formula is C16H20ClN5O. The Bertz CT molecular complexity index is 721. The van der Waals surface area contributed by atoms with E-state index in [-0.39, 0.29) is 6.03 Å². The van der Waals surface area contributed by atoms with Gasteiger partial charge in [0.15, 0.2) is 5.82 Å². The van der Waals surface area contributed by atoms with Gasteiger partial charge < -0.3 is 5.32 Å². The number of hydrogen-bond donors (Lipinski definition) is 2. The second-order valence-corrected chi connectivity index (χ2v) is 6.35. The minimum Gasteiger partial charge on any atom is -0.307 e. The van der Waals surface area contributed by atoms with Crippen molar-refractivity contribution < 1.29 is 4.79 Å². The highest BCUT2D eigenvalue weighted by Gasteiger charge is 2.21. The molecule has 2 aromatic heterocycles. The van der Waals surface area contributed by atoms with Gasteiger partial charge in [-0.3, -0.25) is 10.00 Å². The molecule has 2 aromatic rings. The first-order valence-corrected chi connectivity index (χ1v) is 8.15. The third-order valence-electron chi connectivity index (χ3n) is 4.25. The molecule has 7 heteroatoms. The molecule has 0 aliphatic heterocycles. The highest BCUT2D eigenvalue weighted by Crippen LogP contribution is 2.34. The predicted molar refractivity (Wildman–Crippen MR) is 91.0 cm³/mol. The Morgan fingerprint density at radius 3 is 2.78 bits per heavy atom. The fourth-order valence-corrected chi connectivity index (χ4v) is 3.21. The molecule has 0 spiro atoms. The number of amides is 2. The SMILES string of the molecule is Cc1cnc(Cl)cc1NC(=O)Nc1cc(C2CCCC2)n(C)n1. The second kappa shape index (κ2) is 6.58. The number of hydrogen-bond acceptors (Lipinski definition) is 3.